The average Bonchev–Trinajstić information content (AvgIpc) is 2.69. The van der Waals surface area contributed by atoms with Gasteiger partial charge in [-0.2, -0.15) is 0 Å². The molecule has 0 atom stereocenters. The molecule has 0 bridgehead atoms. The normalized spacial score (nSPS) is 16.2. The highest BCUT2D eigenvalue weighted by Gasteiger charge is 2.07. The molecule has 0 aromatic heterocycles. The van der Waals surface area contributed by atoms with E-state index in [1.807, 2.05) is 6.07 Å². The van der Waals surface area contributed by atoms with Crippen molar-refractivity contribution in [3.8, 4) is 0 Å². The fourth-order valence-electron chi connectivity index (χ4n) is 1.47. The molecule has 2 heteroatoms. The molecule has 1 aromatic rings. The summed E-state index contributed by atoms with van der Waals surface area (Å²) < 4.78 is 4.53. The molecule has 1 aliphatic rings. The molecule has 1 aliphatic carbocycles. The maximum absolute atomic E-state index is 4.53. The molecule has 0 heterocycles. The second kappa shape index (κ2) is 4.47. The van der Waals surface area contributed by atoms with E-state index in [1.54, 1.807) is 11.9 Å². The molecular weight excluding hydrogens is 178 g/mol. The summed E-state index contributed by atoms with van der Waals surface area (Å²) in [5, 5.41) is 0. The second-order valence-electron chi connectivity index (χ2n) is 3.27. The van der Waals surface area contributed by atoms with Gasteiger partial charge in [0.05, 0.1) is 0 Å². The van der Waals surface area contributed by atoms with Gasteiger partial charge in [0.1, 0.15) is 0 Å². The van der Waals surface area contributed by atoms with Gasteiger partial charge < -0.3 is 0 Å². The van der Waals surface area contributed by atoms with Crippen LogP contribution in [0.2, 0.25) is 0 Å². The van der Waals surface area contributed by atoms with Crippen LogP contribution in [0.3, 0.4) is 0 Å². The summed E-state index contributed by atoms with van der Waals surface area (Å²) in [4.78, 5) is 1.24. The Morgan fingerprint density at radius 3 is 2.38 bits per heavy atom. The Hall–Kier alpha value is -0.760. The van der Waals surface area contributed by atoms with Gasteiger partial charge >= 0.3 is 0 Å². The second-order valence-corrected chi connectivity index (χ2v) is 4.11. The molecule has 68 valence electrons. The van der Waals surface area contributed by atoms with Crippen molar-refractivity contribution in [3.05, 3.63) is 30.3 Å². The minimum atomic E-state index is 1.21. The van der Waals surface area contributed by atoms with Crippen molar-refractivity contribution in [2.24, 2.45) is 4.40 Å². The molecule has 13 heavy (non-hydrogen) atoms. The topological polar surface area (TPSA) is 12.4 Å². The van der Waals surface area contributed by atoms with Crippen molar-refractivity contribution in [3.63, 3.8) is 0 Å². The van der Waals surface area contributed by atoms with Crippen LogP contribution in [0.5, 0.6) is 0 Å². The Morgan fingerprint density at radius 1 is 1.00 bits per heavy atom. The van der Waals surface area contributed by atoms with E-state index in [2.05, 4.69) is 28.7 Å². The molecule has 0 amide bonds. The Labute approximate surface area is 83.4 Å². The lowest BCUT2D eigenvalue weighted by Gasteiger charge is -1.95. The number of hydrogen-bond acceptors (Lipinski definition) is 2. The predicted molar refractivity (Wildman–Crippen MR) is 58.2 cm³/mol. The molecule has 2 rings (SSSR count). The lowest BCUT2D eigenvalue weighted by molar-refractivity contribution is 0.886. The van der Waals surface area contributed by atoms with Crippen molar-refractivity contribution in [2.45, 2.75) is 30.6 Å². The number of benzene rings is 1. The van der Waals surface area contributed by atoms with Crippen molar-refractivity contribution in [1.29, 1.82) is 0 Å². The molecule has 0 N–H and O–H groups in total. The standard InChI is InChI=1S/C11H13NS/c1-2-8-11(9-3-1)13-12-10-6-4-5-7-10/h1-3,8-9H,4-7H2. The summed E-state index contributed by atoms with van der Waals surface area (Å²) in [6, 6.07) is 10.3. The first kappa shape index (κ1) is 8.82. The lowest BCUT2D eigenvalue weighted by atomic mass is 10.3. The van der Waals surface area contributed by atoms with Crippen molar-refractivity contribution in [2.75, 3.05) is 0 Å². The highest BCUT2D eigenvalue weighted by molar-refractivity contribution is 7.98. The molecule has 1 fully saturated rings. The SMILES string of the molecule is c1ccc(SN=C2CCCC2)cc1. The molecule has 0 aliphatic heterocycles. The molecule has 0 radical (unpaired) electrons. The van der Waals surface area contributed by atoms with Crippen LogP contribution in [-0.4, -0.2) is 5.71 Å². The van der Waals surface area contributed by atoms with Gasteiger partial charge in [0.2, 0.25) is 0 Å². The van der Waals surface area contributed by atoms with Gasteiger partial charge in [0, 0.05) is 22.6 Å². The van der Waals surface area contributed by atoms with Gasteiger partial charge in [-0.1, -0.05) is 18.2 Å². The monoisotopic (exact) mass is 191 g/mol. The average molecular weight is 191 g/mol. The summed E-state index contributed by atoms with van der Waals surface area (Å²) in [6.07, 6.45) is 5.07. The first-order chi connectivity index (χ1) is 6.45. The van der Waals surface area contributed by atoms with Gasteiger partial charge in [0.25, 0.3) is 0 Å². The largest absolute Gasteiger partial charge is 0.220 e. The van der Waals surface area contributed by atoms with E-state index in [0.29, 0.717) is 0 Å². The molecule has 1 nitrogen and oxygen atoms in total. The van der Waals surface area contributed by atoms with Crippen LogP contribution in [0.1, 0.15) is 25.7 Å². The quantitative estimate of drug-likeness (QED) is 0.649. The molecule has 0 saturated heterocycles. The summed E-state index contributed by atoms with van der Waals surface area (Å²) in [5.74, 6) is 0. The minimum Gasteiger partial charge on any atom is -0.220 e. The van der Waals surface area contributed by atoms with Crippen molar-refractivity contribution >= 4 is 17.7 Å². The summed E-state index contributed by atoms with van der Waals surface area (Å²) in [7, 11) is 0. The van der Waals surface area contributed by atoms with Gasteiger partial charge in [0.15, 0.2) is 0 Å². The van der Waals surface area contributed by atoms with Crippen molar-refractivity contribution < 1.29 is 0 Å². The van der Waals surface area contributed by atoms with Gasteiger partial charge in [-0.25, -0.2) is 4.40 Å². The Bertz CT molecular complexity index is 284. The molecule has 0 spiro atoms. The maximum Gasteiger partial charge on any atom is 0.0305 e. The van der Waals surface area contributed by atoms with E-state index in [9.17, 15) is 0 Å². The van der Waals surface area contributed by atoms with Crippen LogP contribution < -0.4 is 0 Å². The van der Waals surface area contributed by atoms with Crippen molar-refractivity contribution in [1.82, 2.24) is 0 Å². The van der Waals surface area contributed by atoms with Crippen LogP contribution in [0.25, 0.3) is 0 Å². The zero-order chi connectivity index (χ0) is 8.93. The zero-order valence-electron chi connectivity index (χ0n) is 7.57. The summed E-state index contributed by atoms with van der Waals surface area (Å²) in [5.41, 5.74) is 1.38. The third-order valence-corrected chi connectivity index (χ3v) is 3.04. The smallest absolute Gasteiger partial charge is 0.0305 e. The first-order valence-electron chi connectivity index (χ1n) is 4.73. The van der Waals surface area contributed by atoms with Gasteiger partial charge in [-0.3, -0.25) is 0 Å². The maximum atomic E-state index is 4.53. The Balaban J connectivity index is 1.95. The number of hydrogen-bond donors (Lipinski definition) is 0. The van der Waals surface area contributed by atoms with E-state index < -0.39 is 0 Å². The van der Waals surface area contributed by atoms with E-state index in [1.165, 1.54) is 36.3 Å². The zero-order valence-corrected chi connectivity index (χ0v) is 8.39. The van der Waals surface area contributed by atoms with Gasteiger partial charge in [-0.15, -0.1) is 0 Å². The summed E-state index contributed by atoms with van der Waals surface area (Å²) >= 11 is 1.61. The van der Waals surface area contributed by atoms with Crippen LogP contribution in [0.4, 0.5) is 0 Å². The van der Waals surface area contributed by atoms with E-state index in [4.69, 9.17) is 0 Å². The molecular formula is C11H13NS. The predicted octanol–water partition coefficient (Wildman–Crippen LogP) is 3.71. The molecule has 1 aromatic carbocycles. The third kappa shape index (κ3) is 2.59. The molecule has 1 saturated carbocycles. The number of rotatable bonds is 2. The number of nitrogens with zero attached hydrogens (tertiary/aromatic N) is 1. The van der Waals surface area contributed by atoms with E-state index in [-0.39, 0.29) is 0 Å². The Morgan fingerprint density at radius 2 is 1.69 bits per heavy atom. The molecule has 0 unspecified atom stereocenters. The Kier molecular flexibility index (Phi) is 3.03. The third-order valence-electron chi connectivity index (χ3n) is 2.20. The fourth-order valence-corrected chi connectivity index (χ4v) is 2.17. The highest BCUT2D eigenvalue weighted by atomic mass is 32.2. The van der Waals surface area contributed by atoms with Crippen LogP contribution in [0, 0.1) is 0 Å². The highest BCUT2D eigenvalue weighted by Crippen LogP contribution is 2.23. The fraction of sp³-hybridized carbons (Fsp3) is 0.364. The van der Waals surface area contributed by atoms with Gasteiger partial charge in [-0.05, 0) is 37.8 Å². The first-order valence-corrected chi connectivity index (χ1v) is 5.50. The minimum absolute atomic E-state index is 1.21. The van der Waals surface area contributed by atoms with E-state index >= 15 is 0 Å². The van der Waals surface area contributed by atoms with Crippen LogP contribution in [-0.2, 0) is 0 Å². The van der Waals surface area contributed by atoms with Crippen LogP contribution in [0.15, 0.2) is 39.6 Å². The lowest BCUT2D eigenvalue weighted by Crippen LogP contribution is -1.84. The summed E-state index contributed by atoms with van der Waals surface area (Å²) in [6.45, 7) is 0. The van der Waals surface area contributed by atoms with Crippen LogP contribution >= 0.6 is 11.9 Å². The van der Waals surface area contributed by atoms with E-state index in [0.717, 1.165) is 0 Å².